The van der Waals surface area contributed by atoms with E-state index in [1.807, 2.05) is 20.8 Å². The molecule has 0 saturated carbocycles. The second kappa shape index (κ2) is 4.32. The zero-order chi connectivity index (χ0) is 10.9. The first-order valence-corrected chi connectivity index (χ1v) is 5.26. The van der Waals surface area contributed by atoms with Gasteiger partial charge in [-0.05, 0) is 59.0 Å². The minimum absolute atomic E-state index is 0.0705. The second-order valence-electron chi connectivity index (χ2n) is 3.36. The van der Waals surface area contributed by atoms with Gasteiger partial charge in [0.2, 0.25) is 0 Å². The van der Waals surface area contributed by atoms with Gasteiger partial charge >= 0.3 is 0 Å². The number of hydrogen-bond acceptors (Lipinski definition) is 2. The molecule has 0 aliphatic rings. The fourth-order valence-electron chi connectivity index (χ4n) is 1.63. The highest BCUT2D eigenvalue weighted by molar-refractivity contribution is 9.10. The highest BCUT2D eigenvalue weighted by atomic mass is 79.9. The van der Waals surface area contributed by atoms with Crippen LogP contribution in [0, 0.1) is 20.8 Å². The molecule has 78 valence electrons. The Morgan fingerprint density at radius 2 is 1.71 bits per heavy atom. The summed E-state index contributed by atoms with van der Waals surface area (Å²) in [4.78, 5) is 0. The van der Waals surface area contributed by atoms with E-state index < -0.39 is 0 Å². The van der Waals surface area contributed by atoms with Gasteiger partial charge in [-0.3, -0.25) is 0 Å². The fraction of sp³-hybridized carbons (Fsp3) is 0.455. The Morgan fingerprint density at radius 1 is 1.14 bits per heavy atom. The lowest BCUT2D eigenvalue weighted by Gasteiger charge is -2.17. The fourth-order valence-corrected chi connectivity index (χ4v) is 2.32. The molecule has 0 saturated heterocycles. The van der Waals surface area contributed by atoms with Crippen molar-refractivity contribution in [3.05, 3.63) is 26.7 Å². The van der Waals surface area contributed by atoms with E-state index in [2.05, 4.69) is 15.9 Å². The molecular formula is C11H15BrO2. The average Bonchev–Trinajstić information content (AvgIpc) is 2.17. The summed E-state index contributed by atoms with van der Waals surface area (Å²) in [6.07, 6.45) is 0. The predicted octanol–water partition coefficient (Wildman–Crippen LogP) is 2.88. The summed E-state index contributed by atoms with van der Waals surface area (Å²) in [6.45, 7) is 6.05. The van der Waals surface area contributed by atoms with Crippen molar-refractivity contribution in [3.63, 3.8) is 0 Å². The molecular weight excluding hydrogens is 244 g/mol. The lowest BCUT2D eigenvalue weighted by atomic mass is 9.98. The van der Waals surface area contributed by atoms with Crippen LogP contribution in [0.15, 0.2) is 4.47 Å². The largest absolute Gasteiger partial charge is 0.495 e. The summed E-state index contributed by atoms with van der Waals surface area (Å²) in [5.74, 6) is 0.859. The first-order chi connectivity index (χ1) is 6.54. The van der Waals surface area contributed by atoms with Gasteiger partial charge in [-0.25, -0.2) is 0 Å². The summed E-state index contributed by atoms with van der Waals surface area (Å²) in [5, 5.41) is 9.25. The molecule has 0 bridgehead atoms. The number of ether oxygens (including phenoxy) is 1. The maximum Gasteiger partial charge on any atom is 0.136 e. The molecule has 1 rings (SSSR count). The number of aliphatic hydroxyl groups excluding tert-OH is 1. The number of hydrogen-bond donors (Lipinski definition) is 1. The Balaban J connectivity index is 3.55. The molecule has 0 unspecified atom stereocenters. The van der Waals surface area contributed by atoms with Crippen LogP contribution in [0.25, 0.3) is 0 Å². The molecule has 0 aromatic heterocycles. The van der Waals surface area contributed by atoms with E-state index in [1.165, 1.54) is 0 Å². The molecule has 0 aliphatic heterocycles. The number of halogens is 1. The lowest BCUT2D eigenvalue weighted by molar-refractivity contribution is 0.279. The van der Waals surface area contributed by atoms with Crippen molar-refractivity contribution in [1.29, 1.82) is 0 Å². The Bertz CT molecular complexity index is 295. The van der Waals surface area contributed by atoms with Gasteiger partial charge in [0.05, 0.1) is 18.2 Å². The normalized spacial score (nSPS) is 10.4. The minimum Gasteiger partial charge on any atom is -0.495 e. The SMILES string of the molecule is COc1c(C)c(C)c(CO)c(C)c1Br. The zero-order valence-electron chi connectivity index (χ0n) is 8.94. The quantitative estimate of drug-likeness (QED) is 0.884. The van der Waals surface area contributed by atoms with Crippen LogP contribution < -0.4 is 4.74 Å². The van der Waals surface area contributed by atoms with Gasteiger partial charge in [0.1, 0.15) is 5.75 Å². The summed E-state index contributed by atoms with van der Waals surface area (Å²) >= 11 is 3.48. The molecule has 2 nitrogen and oxygen atoms in total. The molecule has 3 heteroatoms. The van der Waals surface area contributed by atoms with E-state index in [1.54, 1.807) is 7.11 Å². The topological polar surface area (TPSA) is 29.5 Å². The van der Waals surface area contributed by atoms with Crippen molar-refractivity contribution < 1.29 is 9.84 Å². The molecule has 0 spiro atoms. The zero-order valence-corrected chi connectivity index (χ0v) is 10.5. The molecule has 0 atom stereocenters. The van der Waals surface area contributed by atoms with Gasteiger partial charge in [0.15, 0.2) is 0 Å². The van der Waals surface area contributed by atoms with E-state index in [4.69, 9.17) is 4.74 Å². The molecule has 0 heterocycles. The maximum absolute atomic E-state index is 9.25. The second-order valence-corrected chi connectivity index (χ2v) is 4.15. The monoisotopic (exact) mass is 258 g/mol. The van der Waals surface area contributed by atoms with Crippen molar-refractivity contribution in [3.8, 4) is 5.75 Å². The summed E-state index contributed by atoms with van der Waals surface area (Å²) in [6, 6.07) is 0. The molecule has 0 aliphatic carbocycles. The van der Waals surface area contributed by atoms with Gasteiger partial charge in [-0.2, -0.15) is 0 Å². The number of benzene rings is 1. The molecule has 1 aromatic rings. The van der Waals surface area contributed by atoms with Crippen LogP contribution in [-0.4, -0.2) is 12.2 Å². The van der Waals surface area contributed by atoms with Crippen LogP contribution in [0.2, 0.25) is 0 Å². The highest BCUT2D eigenvalue weighted by Crippen LogP contribution is 2.36. The molecule has 14 heavy (non-hydrogen) atoms. The van der Waals surface area contributed by atoms with E-state index in [0.717, 1.165) is 32.5 Å². The van der Waals surface area contributed by atoms with Crippen LogP contribution >= 0.6 is 15.9 Å². The number of aliphatic hydroxyl groups is 1. The van der Waals surface area contributed by atoms with Crippen LogP contribution in [0.4, 0.5) is 0 Å². The van der Waals surface area contributed by atoms with Gasteiger partial charge < -0.3 is 9.84 Å². The minimum atomic E-state index is 0.0705. The van der Waals surface area contributed by atoms with Gasteiger partial charge in [-0.15, -0.1) is 0 Å². The van der Waals surface area contributed by atoms with Crippen LogP contribution in [0.3, 0.4) is 0 Å². The van der Waals surface area contributed by atoms with Gasteiger partial charge in [0, 0.05) is 0 Å². The van der Waals surface area contributed by atoms with Crippen molar-refractivity contribution >= 4 is 15.9 Å². The smallest absolute Gasteiger partial charge is 0.136 e. The Labute approximate surface area is 93.0 Å². The van der Waals surface area contributed by atoms with E-state index >= 15 is 0 Å². The van der Waals surface area contributed by atoms with Crippen molar-refractivity contribution in [2.75, 3.05) is 7.11 Å². The van der Waals surface area contributed by atoms with E-state index in [-0.39, 0.29) is 6.61 Å². The lowest BCUT2D eigenvalue weighted by Crippen LogP contribution is -2.01. The molecule has 0 fully saturated rings. The number of methoxy groups -OCH3 is 1. The predicted molar refractivity (Wildman–Crippen MR) is 60.8 cm³/mol. The van der Waals surface area contributed by atoms with Gasteiger partial charge in [-0.1, -0.05) is 0 Å². The third-order valence-electron chi connectivity index (χ3n) is 2.70. The molecule has 0 radical (unpaired) electrons. The Hall–Kier alpha value is -0.540. The van der Waals surface area contributed by atoms with Crippen LogP contribution in [-0.2, 0) is 6.61 Å². The molecule has 1 N–H and O–H groups in total. The van der Waals surface area contributed by atoms with Crippen molar-refractivity contribution in [2.45, 2.75) is 27.4 Å². The van der Waals surface area contributed by atoms with Crippen molar-refractivity contribution in [1.82, 2.24) is 0 Å². The highest BCUT2D eigenvalue weighted by Gasteiger charge is 2.15. The van der Waals surface area contributed by atoms with Gasteiger partial charge in [0.25, 0.3) is 0 Å². The Morgan fingerprint density at radius 3 is 2.14 bits per heavy atom. The Kier molecular flexibility index (Phi) is 3.56. The van der Waals surface area contributed by atoms with E-state index in [0.29, 0.717) is 0 Å². The van der Waals surface area contributed by atoms with Crippen LogP contribution in [0.1, 0.15) is 22.3 Å². The number of rotatable bonds is 2. The van der Waals surface area contributed by atoms with Crippen LogP contribution in [0.5, 0.6) is 5.75 Å². The third kappa shape index (κ3) is 1.66. The van der Waals surface area contributed by atoms with E-state index in [9.17, 15) is 5.11 Å². The first kappa shape index (κ1) is 11.5. The molecule has 1 aromatic carbocycles. The maximum atomic E-state index is 9.25. The summed E-state index contributed by atoms with van der Waals surface area (Å²) in [5.41, 5.74) is 4.21. The first-order valence-electron chi connectivity index (χ1n) is 4.47. The van der Waals surface area contributed by atoms with Crippen molar-refractivity contribution in [2.24, 2.45) is 0 Å². The third-order valence-corrected chi connectivity index (χ3v) is 3.65. The summed E-state index contributed by atoms with van der Waals surface area (Å²) in [7, 11) is 1.66. The average molecular weight is 259 g/mol. The molecule has 0 amide bonds. The summed E-state index contributed by atoms with van der Waals surface area (Å²) < 4.78 is 6.25. The standard InChI is InChI=1S/C11H15BrO2/c1-6-7(2)11(14-4)10(12)8(3)9(6)5-13/h13H,5H2,1-4H3.